The molecule has 10 rings (SSSR count). The average Bonchev–Trinajstić information content (AvgIpc) is 2.58. The van der Waals surface area contributed by atoms with Crippen LogP contribution in [0.3, 0.4) is 0 Å². The molecule has 27 heteroatoms. The van der Waals surface area contributed by atoms with E-state index < -0.39 is 23.3 Å². The molecule has 86 heavy (non-hydrogen) atoms. The molecule has 2 amide bonds. The van der Waals surface area contributed by atoms with Crippen LogP contribution in [-0.2, 0) is 13.1 Å². The third-order valence-electron chi connectivity index (χ3n) is 15.0. The number of hydrogen-bond acceptors (Lipinski definition) is 10. The number of benzene rings is 4. The number of methoxy groups -OCH3 is 2. The lowest BCUT2D eigenvalue weighted by Gasteiger charge is -2.37. The predicted molar refractivity (Wildman–Crippen MR) is 378 cm³/mol. The molecule has 2 aliphatic rings. The summed E-state index contributed by atoms with van der Waals surface area (Å²) < 4.78 is 69.7. The number of nitrogens with zero attached hydrogens (tertiary/aromatic N) is 4. The number of rotatable bonds is 16. The zero-order chi connectivity index (χ0) is 59.5. The monoisotopic (exact) mass is 1420 g/mol. The van der Waals surface area contributed by atoms with Crippen molar-refractivity contribution in [3.8, 4) is 33.8 Å². The number of ether oxygens (including phenoxy) is 2. The highest BCUT2D eigenvalue weighted by Crippen LogP contribution is 2.92. The zero-order valence-electron chi connectivity index (χ0n) is 46.8. The fourth-order valence-electron chi connectivity index (χ4n) is 10.5. The molecule has 8 aromatic rings. The number of halogens is 8. The lowest BCUT2D eigenvalue weighted by Crippen LogP contribution is -2.44. The Morgan fingerprint density at radius 3 is 1.23 bits per heavy atom. The molecule has 2 N–H and O–H groups in total. The van der Waals surface area contributed by atoms with Gasteiger partial charge in [-0.1, -0.05) is 50.7 Å². The van der Waals surface area contributed by atoms with Gasteiger partial charge in [0.05, 0.1) is 44.4 Å². The topological polar surface area (TPSA) is 109 Å². The van der Waals surface area contributed by atoms with Crippen LogP contribution in [0.4, 0.5) is 17.6 Å². The summed E-state index contributed by atoms with van der Waals surface area (Å²) in [4.78, 5) is 40.3. The minimum atomic E-state index is -0.644. The number of hydrogen-bond donors (Lipinski definition) is 2. The molecule has 2 saturated carbocycles. The van der Waals surface area contributed by atoms with Crippen LogP contribution in [-0.4, -0.2) is 84.1 Å². The quantitative estimate of drug-likeness (QED) is 0.0727. The maximum atomic E-state index is 14.6. The summed E-state index contributed by atoms with van der Waals surface area (Å²) in [6.07, 6.45) is 13.8. The summed E-state index contributed by atoms with van der Waals surface area (Å²) in [7, 11) is 19.5. The molecule has 10 nitrogen and oxygen atoms in total. The van der Waals surface area contributed by atoms with Crippen molar-refractivity contribution in [2.45, 2.75) is 96.1 Å². The average molecular weight is 1430 g/mol. The van der Waals surface area contributed by atoms with Gasteiger partial charge in [0.2, 0.25) is 0 Å². The van der Waals surface area contributed by atoms with Crippen LogP contribution < -0.4 is 20.1 Å². The van der Waals surface area contributed by atoms with Crippen molar-refractivity contribution in [1.82, 2.24) is 30.4 Å². The lowest BCUT2D eigenvalue weighted by molar-refractivity contribution is 0.0598. The van der Waals surface area contributed by atoms with Crippen LogP contribution in [0.1, 0.15) is 89.3 Å². The number of pyridine rings is 2. The van der Waals surface area contributed by atoms with Gasteiger partial charge in [-0.2, -0.15) is 0 Å². The maximum Gasteiger partial charge on any atom is 0.266 e. The van der Waals surface area contributed by atoms with Gasteiger partial charge in [-0.3, -0.25) is 19.6 Å². The Morgan fingerprint density at radius 1 is 0.593 bits per heavy atom. The van der Waals surface area contributed by atoms with Gasteiger partial charge in [0.25, 0.3) is 11.8 Å². The Bertz CT molecular complexity index is 3300. The van der Waals surface area contributed by atoms with Crippen LogP contribution in [0.15, 0.2) is 110 Å². The number of amides is 2. The van der Waals surface area contributed by atoms with Gasteiger partial charge < -0.3 is 29.9 Å². The molecule has 4 heterocycles. The van der Waals surface area contributed by atoms with Crippen molar-refractivity contribution in [3.63, 3.8) is 0 Å². The van der Waals surface area contributed by atoms with Crippen molar-refractivity contribution in [2.24, 2.45) is 0 Å². The van der Waals surface area contributed by atoms with Gasteiger partial charge in [0, 0.05) is 73.2 Å². The second-order valence-corrected chi connectivity index (χ2v) is 44.8. The molecule has 0 spiro atoms. The summed E-state index contributed by atoms with van der Waals surface area (Å²) in [6.45, 7) is 0.990. The predicted octanol–water partition coefficient (Wildman–Crippen LogP) is 19.3. The van der Waals surface area contributed by atoms with Crippen LogP contribution in [0.25, 0.3) is 42.4 Å². The van der Waals surface area contributed by atoms with Gasteiger partial charge in [-0.15, -0.1) is 83.2 Å². The molecule has 2 fully saturated rings. The summed E-state index contributed by atoms with van der Waals surface area (Å²) >= 11 is 14.9. The third kappa shape index (κ3) is 17.9. The Balaban J connectivity index is 0.000000274. The van der Waals surface area contributed by atoms with Crippen LogP contribution in [0.2, 0.25) is 10.0 Å². The first kappa shape index (κ1) is 74.2. The SMILES string of the molecule is C.CNC1CCC(N(Cc2cc(-c3ccncc3)ccc2OC)C(=O)c2sc3c(F)ccc(F)c3c2Cl)CC1.CNC1CCC(N(Cc2cc(-c3ccncc3)ccc2OC)C(=O)c2sc3c(F)ccc(F)c3c2Cl)CC1.Cl.Cl.PPP(P)P(P)P. The molecule has 464 valence electrons. The number of fused-ring (bicyclic) bond motifs is 2. The summed E-state index contributed by atoms with van der Waals surface area (Å²) in [6, 6.07) is 24.3. The lowest BCUT2D eigenvalue weighted by atomic mass is 9.89. The highest BCUT2D eigenvalue weighted by Gasteiger charge is 2.35. The highest BCUT2D eigenvalue weighted by molar-refractivity contribution is 8.98. The van der Waals surface area contributed by atoms with E-state index in [1.165, 1.54) is 0 Å². The molecule has 0 aliphatic heterocycles. The first-order chi connectivity index (χ1) is 40.0. The second kappa shape index (κ2) is 35.3. The smallest absolute Gasteiger partial charge is 0.266 e. The van der Waals surface area contributed by atoms with E-state index in [4.69, 9.17) is 32.7 Å². The van der Waals surface area contributed by atoms with Crippen molar-refractivity contribution < 1.29 is 36.6 Å². The third-order valence-corrected chi connectivity index (χ3v) is 48.9. The standard InChI is InChI=1S/2C29H28ClF2N3O2S.CH4.2ClH.H9P7/c2*1-33-20-4-6-21(7-5-20)35(29(36)28-26(30)25-22(31)8-9-23(32)27(25)38-28)16-19-15-18(3-10-24(19)37-2)17-11-13-34-14-12-17;;;;1-5-7(4)6(2)3/h2*3,8-15,20-21,33H,4-7,16H2,1-2H3;1H4;2*1H;5H,1-4H2. The van der Waals surface area contributed by atoms with Crippen molar-refractivity contribution >= 4 is 160 Å². The Morgan fingerprint density at radius 2 is 0.942 bits per heavy atom. The van der Waals surface area contributed by atoms with Gasteiger partial charge in [-0.25, -0.2) is 17.6 Å². The van der Waals surface area contributed by atoms with Gasteiger partial charge in [-0.05, 0) is 174 Å². The number of carbonyl (C=O) groups excluding carboxylic acids is 2. The van der Waals surface area contributed by atoms with E-state index in [-0.39, 0.29) is 123 Å². The fourth-order valence-corrected chi connectivity index (χ4v) is 29.6. The van der Waals surface area contributed by atoms with Crippen LogP contribution in [0, 0.1) is 23.3 Å². The summed E-state index contributed by atoms with van der Waals surface area (Å²) in [5, 5.41) is 6.48. The molecule has 4 aromatic heterocycles. The van der Waals surface area contributed by atoms with E-state index in [1.807, 2.05) is 74.8 Å². The van der Waals surface area contributed by atoms with Crippen LogP contribution >= 0.6 is 128 Å². The normalized spacial score (nSPS) is 16.8. The van der Waals surface area contributed by atoms with Crippen molar-refractivity contribution in [2.75, 3.05) is 28.3 Å². The first-order valence-electron chi connectivity index (χ1n) is 26.5. The molecule has 0 radical (unpaired) electrons. The number of nitrogens with one attached hydrogen (secondary N) is 2. The minimum Gasteiger partial charge on any atom is -0.496 e. The van der Waals surface area contributed by atoms with Gasteiger partial charge in [0.1, 0.15) is 44.5 Å². The van der Waals surface area contributed by atoms with Gasteiger partial charge >= 0.3 is 0 Å². The number of carbonyl (C=O) groups is 2. The Kier molecular flexibility index (Phi) is 30.5. The molecular weight excluding hydrogens is 1360 g/mol. The van der Waals surface area contributed by atoms with E-state index >= 15 is 0 Å². The van der Waals surface area contributed by atoms with E-state index in [2.05, 4.69) is 56.3 Å². The summed E-state index contributed by atoms with van der Waals surface area (Å²) in [5.74, 6) is -1.84. The van der Waals surface area contributed by atoms with E-state index in [0.29, 0.717) is 23.6 Å². The summed E-state index contributed by atoms with van der Waals surface area (Å²) in [5.41, 5.74) is 5.60. The van der Waals surface area contributed by atoms with E-state index in [1.54, 1.807) is 48.8 Å². The largest absolute Gasteiger partial charge is 0.496 e. The van der Waals surface area contributed by atoms with Crippen molar-refractivity contribution in [1.29, 1.82) is 0 Å². The second-order valence-electron chi connectivity index (χ2n) is 19.8. The Hall–Kier alpha value is -2.55. The molecular formula is C59H71Cl4F4N6O4P7S2. The van der Waals surface area contributed by atoms with Gasteiger partial charge in [0.15, 0.2) is 0 Å². The Labute approximate surface area is 545 Å². The zero-order valence-corrected chi connectivity index (χ0v) is 59.0. The fraction of sp³-hybridized carbons (Fsp3) is 0.322. The molecule has 6 atom stereocenters. The molecule has 4 aromatic carbocycles. The maximum absolute atomic E-state index is 14.6. The number of aromatic nitrogens is 2. The number of thiophene rings is 2. The van der Waals surface area contributed by atoms with Crippen molar-refractivity contribution in [3.05, 3.63) is 164 Å². The van der Waals surface area contributed by atoms with E-state index in [9.17, 15) is 27.2 Å². The molecule has 2 aliphatic carbocycles. The highest BCUT2D eigenvalue weighted by atomic mass is 35.5. The van der Waals surface area contributed by atoms with E-state index in [0.717, 1.165) is 140 Å². The molecule has 6 unspecified atom stereocenters. The first-order valence-corrected chi connectivity index (χ1v) is 40.8. The molecule has 0 saturated heterocycles. The molecule has 0 bridgehead atoms. The minimum absolute atomic E-state index is 0. The van der Waals surface area contributed by atoms with Crippen LogP contribution in [0.5, 0.6) is 11.5 Å².